The van der Waals surface area contributed by atoms with Crippen LogP contribution < -0.4 is 15.5 Å². The van der Waals surface area contributed by atoms with Crippen LogP contribution in [0.2, 0.25) is 0 Å². The second-order valence-corrected chi connectivity index (χ2v) is 10.0. The van der Waals surface area contributed by atoms with Gasteiger partial charge in [0.05, 0.1) is 18.3 Å². The third-order valence-corrected chi connectivity index (χ3v) is 7.49. The first-order chi connectivity index (χ1) is 17.4. The molecule has 2 aromatic rings. The van der Waals surface area contributed by atoms with Crippen molar-refractivity contribution in [1.82, 2.24) is 30.4 Å². The summed E-state index contributed by atoms with van der Waals surface area (Å²) in [6, 6.07) is 4.90. The number of carbonyl (C=O) groups excluding carboxylic acids is 1. The molecule has 4 rings (SSSR count). The van der Waals surface area contributed by atoms with Gasteiger partial charge < -0.3 is 20.3 Å². The Morgan fingerprint density at radius 1 is 1.17 bits per heavy atom. The normalized spacial score (nSPS) is 24.6. The molecule has 0 aromatic carbocycles. The molecule has 2 fully saturated rings. The summed E-state index contributed by atoms with van der Waals surface area (Å²) in [6.07, 6.45) is 5.95. The lowest BCUT2D eigenvalue weighted by atomic mass is 9.88. The van der Waals surface area contributed by atoms with E-state index in [4.69, 9.17) is 14.7 Å². The van der Waals surface area contributed by atoms with Gasteiger partial charge in [-0.25, -0.2) is 4.98 Å². The van der Waals surface area contributed by atoms with E-state index in [-0.39, 0.29) is 18.1 Å². The lowest BCUT2D eigenvalue weighted by Crippen LogP contribution is -2.56. The van der Waals surface area contributed by atoms with Gasteiger partial charge in [0.15, 0.2) is 5.82 Å². The number of carbonyl (C=O) groups is 1. The predicted octanol–water partition coefficient (Wildman–Crippen LogP) is 3.70. The monoisotopic (exact) mass is 498 g/mol. The van der Waals surface area contributed by atoms with Crippen LogP contribution in [0.15, 0.2) is 12.1 Å². The number of likely N-dealkylation sites (N-methyl/N-ethyl adjacent to an activating group) is 1. The molecule has 2 unspecified atom stereocenters. The van der Waals surface area contributed by atoms with E-state index in [2.05, 4.69) is 51.5 Å². The quantitative estimate of drug-likeness (QED) is 0.455. The Bertz CT molecular complexity index is 992. The van der Waals surface area contributed by atoms with E-state index in [1.165, 1.54) is 0 Å². The molecule has 4 atom stereocenters. The average molecular weight is 499 g/mol. The second kappa shape index (κ2) is 12.0. The number of likely N-dealkylation sites (tertiary alicyclic amines) is 1. The van der Waals surface area contributed by atoms with Crippen molar-refractivity contribution in [1.29, 1.82) is 0 Å². The van der Waals surface area contributed by atoms with E-state index in [0.717, 1.165) is 68.2 Å². The number of nitrogens with one attached hydrogen (secondary N) is 3. The minimum absolute atomic E-state index is 0.00711. The average Bonchev–Trinajstić information content (AvgIpc) is 3.55. The first-order valence-electron chi connectivity index (χ1n) is 13.5. The van der Waals surface area contributed by atoms with Crippen LogP contribution in [0.5, 0.6) is 0 Å². The van der Waals surface area contributed by atoms with Gasteiger partial charge in [-0.1, -0.05) is 13.8 Å². The molecule has 10 nitrogen and oxygen atoms in total. The Hall–Kier alpha value is -2.72. The largest absolute Gasteiger partial charge is 0.372 e. The Balaban J connectivity index is 1.57. The Kier molecular flexibility index (Phi) is 8.79. The van der Waals surface area contributed by atoms with E-state index in [0.29, 0.717) is 31.1 Å². The molecule has 1 amide bonds. The number of piperidine rings is 1. The van der Waals surface area contributed by atoms with Crippen LogP contribution in [0.4, 0.5) is 17.6 Å². The molecule has 0 spiro atoms. The topological polar surface area (TPSA) is 111 Å². The zero-order valence-electron chi connectivity index (χ0n) is 22.4. The van der Waals surface area contributed by atoms with Crippen molar-refractivity contribution in [3.05, 3.63) is 23.5 Å². The van der Waals surface area contributed by atoms with Crippen LogP contribution in [0.25, 0.3) is 0 Å². The summed E-state index contributed by atoms with van der Waals surface area (Å²) in [6.45, 7) is 10.3. The van der Waals surface area contributed by atoms with Crippen LogP contribution in [-0.2, 0) is 9.53 Å². The maximum absolute atomic E-state index is 12.4. The lowest BCUT2D eigenvalue weighted by Gasteiger charge is -2.47. The first kappa shape index (κ1) is 26.3. The molecule has 0 saturated carbocycles. The summed E-state index contributed by atoms with van der Waals surface area (Å²) >= 11 is 0. The van der Waals surface area contributed by atoms with Crippen molar-refractivity contribution in [3.63, 3.8) is 0 Å². The molecule has 2 saturated heterocycles. The summed E-state index contributed by atoms with van der Waals surface area (Å²) in [4.78, 5) is 26.9. The second-order valence-electron chi connectivity index (χ2n) is 10.0. The predicted molar refractivity (Wildman–Crippen MR) is 142 cm³/mol. The van der Waals surface area contributed by atoms with Gasteiger partial charge in [0, 0.05) is 56.2 Å². The number of aromatic amines is 1. The number of anilines is 3. The van der Waals surface area contributed by atoms with E-state index >= 15 is 0 Å². The first-order valence-corrected chi connectivity index (χ1v) is 13.5. The molecule has 2 aliphatic heterocycles. The minimum Gasteiger partial charge on any atom is -0.372 e. The van der Waals surface area contributed by atoms with Crippen molar-refractivity contribution >= 4 is 23.5 Å². The zero-order chi connectivity index (χ0) is 25.7. The van der Waals surface area contributed by atoms with Crippen molar-refractivity contribution in [2.45, 2.75) is 90.4 Å². The third kappa shape index (κ3) is 6.15. The summed E-state index contributed by atoms with van der Waals surface area (Å²) in [5.41, 5.74) is 1.89. The fraction of sp³-hybridized carbons (Fsp3) is 0.692. The van der Waals surface area contributed by atoms with Gasteiger partial charge in [0.2, 0.25) is 11.9 Å². The molecule has 2 aromatic heterocycles. The van der Waals surface area contributed by atoms with Crippen LogP contribution in [0, 0.1) is 6.92 Å². The zero-order valence-corrected chi connectivity index (χ0v) is 22.4. The number of amides is 1. The van der Waals surface area contributed by atoms with Crippen LogP contribution >= 0.6 is 0 Å². The number of hydrogen-bond donors (Lipinski definition) is 3. The van der Waals surface area contributed by atoms with E-state index < -0.39 is 0 Å². The Labute approximate surface area is 214 Å². The highest BCUT2D eigenvalue weighted by Gasteiger charge is 2.37. The van der Waals surface area contributed by atoms with Crippen molar-refractivity contribution in [2.24, 2.45) is 0 Å². The molecule has 0 radical (unpaired) electrons. The number of H-pyrrole nitrogens is 1. The van der Waals surface area contributed by atoms with Crippen LogP contribution in [0.1, 0.15) is 76.8 Å². The van der Waals surface area contributed by atoms with E-state index in [1.54, 1.807) is 0 Å². The van der Waals surface area contributed by atoms with Crippen molar-refractivity contribution < 1.29 is 9.53 Å². The molecular formula is C26H42N8O2. The SMILES string of the molecule is CCNC(=O)CN1[C@H](CC)CC(N(C)c2nc(Nc3cc(C)[nH]n3)cc(C3CCCO3)n2)C[C@@H]1CC. The smallest absolute Gasteiger partial charge is 0.234 e. The summed E-state index contributed by atoms with van der Waals surface area (Å²) in [7, 11) is 2.10. The standard InChI is InChI=1S/C26H42N8O2/c1-6-18-13-20(14-19(7-2)34(18)16-25(35)27-8-3)33(5)26-28-21(22-10-9-11-36-22)15-23(30-26)29-24-12-17(4)31-32-24/h12,15,18-20,22H,6-11,13-14,16H2,1-5H3,(H,27,35)(H2,28,29,30,31,32)/t18-,19+,20?,22?. The highest BCUT2D eigenvalue weighted by molar-refractivity contribution is 5.78. The van der Waals surface area contributed by atoms with Gasteiger partial charge in [-0.2, -0.15) is 10.1 Å². The van der Waals surface area contributed by atoms with Crippen LogP contribution in [-0.4, -0.2) is 75.8 Å². The maximum Gasteiger partial charge on any atom is 0.234 e. The van der Waals surface area contributed by atoms with E-state index in [1.807, 2.05) is 26.0 Å². The van der Waals surface area contributed by atoms with Crippen molar-refractivity contribution in [3.8, 4) is 0 Å². The van der Waals surface area contributed by atoms with Crippen LogP contribution in [0.3, 0.4) is 0 Å². The highest BCUT2D eigenvalue weighted by Crippen LogP contribution is 2.33. The van der Waals surface area contributed by atoms with E-state index in [9.17, 15) is 4.79 Å². The third-order valence-electron chi connectivity index (χ3n) is 7.49. The number of nitrogens with zero attached hydrogens (tertiary/aromatic N) is 5. The fourth-order valence-corrected chi connectivity index (χ4v) is 5.52. The van der Waals surface area contributed by atoms with Crippen molar-refractivity contribution in [2.75, 3.05) is 37.0 Å². The molecule has 2 aliphatic rings. The fourth-order valence-electron chi connectivity index (χ4n) is 5.52. The van der Waals surface area contributed by atoms with Gasteiger partial charge in [-0.05, 0) is 52.4 Å². The number of ether oxygens (including phenoxy) is 1. The molecule has 0 bridgehead atoms. The minimum atomic E-state index is -0.00711. The van der Waals surface area contributed by atoms with Gasteiger partial charge in [0.1, 0.15) is 5.82 Å². The molecular weight excluding hydrogens is 456 g/mol. The summed E-state index contributed by atoms with van der Waals surface area (Å²) in [5.74, 6) is 2.26. The number of hydrogen-bond acceptors (Lipinski definition) is 8. The molecule has 0 aliphatic carbocycles. The van der Waals surface area contributed by atoms with Gasteiger partial charge in [0.25, 0.3) is 0 Å². The van der Waals surface area contributed by atoms with Gasteiger partial charge in [-0.3, -0.25) is 14.8 Å². The summed E-state index contributed by atoms with van der Waals surface area (Å²) < 4.78 is 5.97. The molecule has 198 valence electrons. The van der Waals surface area contributed by atoms with Gasteiger partial charge >= 0.3 is 0 Å². The lowest BCUT2D eigenvalue weighted by molar-refractivity contribution is -0.124. The molecule has 4 heterocycles. The Morgan fingerprint density at radius 2 is 1.92 bits per heavy atom. The summed E-state index contributed by atoms with van der Waals surface area (Å²) in [5, 5.41) is 13.6. The number of rotatable bonds is 10. The Morgan fingerprint density at radius 3 is 2.50 bits per heavy atom. The molecule has 36 heavy (non-hydrogen) atoms. The molecule has 3 N–H and O–H groups in total. The molecule has 10 heteroatoms. The number of aromatic nitrogens is 4. The maximum atomic E-state index is 12.4. The number of aryl methyl sites for hydroxylation is 1. The highest BCUT2D eigenvalue weighted by atomic mass is 16.5. The van der Waals surface area contributed by atoms with Gasteiger partial charge in [-0.15, -0.1) is 0 Å².